The molecule has 1 atom stereocenters. The van der Waals surface area contributed by atoms with Crippen molar-refractivity contribution in [3.8, 4) is 5.75 Å². The van der Waals surface area contributed by atoms with Gasteiger partial charge in [-0.15, -0.1) is 0 Å². The van der Waals surface area contributed by atoms with Crippen molar-refractivity contribution in [2.24, 2.45) is 0 Å². The Kier molecular flexibility index (Phi) is 6.30. The van der Waals surface area contributed by atoms with Gasteiger partial charge in [0.2, 0.25) is 0 Å². The van der Waals surface area contributed by atoms with E-state index in [9.17, 15) is 18.0 Å². The molecule has 1 unspecified atom stereocenters. The van der Waals surface area contributed by atoms with Crippen LogP contribution in [0.3, 0.4) is 0 Å². The molecular weight excluding hydrogens is 383 g/mol. The summed E-state index contributed by atoms with van der Waals surface area (Å²) in [6, 6.07) is 9.93. The summed E-state index contributed by atoms with van der Waals surface area (Å²) in [5.74, 6) is 1.02. The normalized spacial score (nSPS) is 16.3. The number of aromatic nitrogens is 1. The summed E-state index contributed by atoms with van der Waals surface area (Å²) in [6.07, 6.45) is -3.47. The van der Waals surface area contributed by atoms with E-state index in [1.54, 1.807) is 11.8 Å². The topological polar surface area (TPSA) is 45.7 Å². The van der Waals surface area contributed by atoms with Crippen LogP contribution >= 0.6 is 0 Å². The van der Waals surface area contributed by atoms with Gasteiger partial charge in [0.05, 0.1) is 5.56 Å². The first-order valence-electron chi connectivity index (χ1n) is 9.54. The fourth-order valence-corrected chi connectivity index (χ4v) is 3.24. The molecule has 2 heterocycles. The molecule has 1 aromatic heterocycles. The van der Waals surface area contributed by atoms with E-state index in [0.717, 1.165) is 17.8 Å². The van der Waals surface area contributed by atoms with Crippen molar-refractivity contribution in [3.63, 3.8) is 0 Å². The Morgan fingerprint density at radius 3 is 2.41 bits per heavy atom. The van der Waals surface area contributed by atoms with Crippen LogP contribution < -0.4 is 9.64 Å². The Bertz CT molecular complexity index is 823. The van der Waals surface area contributed by atoms with Crippen molar-refractivity contribution in [1.29, 1.82) is 0 Å². The van der Waals surface area contributed by atoms with Gasteiger partial charge in [-0.05, 0) is 44.5 Å². The molecule has 3 rings (SSSR count). The molecule has 0 bridgehead atoms. The number of carbonyl (C=O) groups excluding carboxylic acids is 1. The molecule has 0 spiro atoms. The molecule has 8 heteroatoms. The van der Waals surface area contributed by atoms with Crippen LogP contribution in [0.15, 0.2) is 42.6 Å². The Hall–Kier alpha value is -2.77. The molecule has 156 valence electrons. The van der Waals surface area contributed by atoms with Gasteiger partial charge in [0.1, 0.15) is 11.6 Å². The molecule has 1 aliphatic rings. The minimum atomic E-state index is -4.40. The molecule has 29 heavy (non-hydrogen) atoms. The van der Waals surface area contributed by atoms with Crippen molar-refractivity contribution in [3.05, 3.63) is 53.7 Å². The Labute approximate surface area is 168 Å². The predicted molar refractivity (Wildman–Crippen MR) is 104 cm³/mol. The average Bonchev–Trinajstić information content (AvgIpc) is 2.95. The molecule has 1 amide bonds. The molecule has 2 aromatic rings. The van der Waals surface area contributed by atoms with Crippen LogP contribution in [0, 0.1) is 6.92 Å². The first-order chi connectivity index (χ1) is 13.7. The quantitative estimate of drug-likeness (QED) is 0.771. The molecule has 1 aliphatic heterocycles. The number of aryl methyl sites for hydroxylation is 1. The van der Waals surface area contributed by atoms with Crippen molar-refractivity contribution in [2.75, 3.05) is 31.1 Å². The number of alkyl halides is 3. The molecular formula is C21H24F3N3O2. The van der Waals surface area contributed by atoms with Gasteiger partial charge in [0, 0.05) is 32.4 Å². The first-order valence-corrected chi connectivity index (χ1v) is 9.54. The van der Waals surface area contributed by atoms with Crippen LogP contribution in [-0.4, -0.2) is 48.1 Å². The molecule has 0 saturated carbocycles. The lowest BCUT2D eigenvalue weighted by Gasteiger charge is -2.25. The molecule has 5 nitrogen and oxygen atoms in total. The number of carbonyl (C=O) groups is 1. The van der Waals surface area contributed by atoms with Crippen LogP contribution in [0.5, 0.6) is 5.75 Å². The lowest BCUT2D eigenvalue weighted by atomic mass is 10.2. The number of pyridine rings is 1. The number of rotatable bonds is 4. The second-order valence-electron chi connectivity index (χ2n) is 7.14. The van der Waals surface area contributed by atoms with E-state index in [1.807, 2.05) is 36.1 Å². The summed E-state index contributed by atoms with van der Waals surface area (Å²) in [4.78, 5) is 20.4. The number of nitrogens with zero attached hydrogens (tertiary/aromatic N) is 3. The third-order valence-electron chi connectivity index (χ3n) is 4.89. The fraction of sp³-hybridized carbons (Fsp3) is 0.429. The summed E-state index contributed by atoms with van der Waals surface area (Å²) in [7, 11) is 0. The van der Waals surface area contributed by atoms with Crippen LogP contribution in [-0.2, 0) is 11.0 Å². The van der Waals surface area contributed by atoms with Gasteiger partial charge in [-0.2, -0.15) is 13.2 Å². The van der Waals surface area contributed by atoms with Gasteiger partial charge in [-0.3, -0.25) is 4.79 Å². The molecule has 0 N–H and O–H groups in total. The Morgan fingerprint density at radius 1 is 1.07 bits per heavy atom. The zero-order valence-corrected chi connectivity index (χ0v) is 16.4. The summed E-state index contributed by atoms with van der Waals surface area (Å²) < 4.78 is 43.9. The van der Waals surface area contributed by atoms with Gasteiger partial charge >= 0.3 is 6.18 Å². The summed E-state index contributed by atoms with van der Waals surface area (Å²) >= 11 is 0. The van der Waals surface area contributed by atoms with Crippen molar-refractivity contribution < 1.29 is 22.7 Å². The van der Waals surface area contributed by atoms with Crippen LogP contribution in [0.25, 0.3) is 0 Å². The monoisotopic (exact) mass is 407 g/mol. The second kappa shape index (κ2) is 8.71. The van der Waals surface area contributed by atoms with E-state index < -0.39 is 17.8 Å². The maximum atomic E-state index is 12.8. The minimum Gasteiger partial charge on any atom is -0.481 e. The Morgan fingerprint density at radius 2 is 1.79 bits per heavy atom. The van der Waals surface area contributed by atoms with E-state index in [1.165, 1.54) is 6.07 Å². The summed E-state index contributed by atoms with van der Waals surface area (Å²) in [6.45, 7) is 5.85. The number of ether oxygens (including phenoxy) is 1. The van der Waals surface area contributed by atoms with E-state index in [0.29, 0.717) is 44.2 Å². The number of halogens is 3. The van der Waals surface area contributed by atoms with Gasteiger partial charge in [-0.1, -0.05) is 17.7 Å². The molecule has 0 aliphatic carbocycles. The highest BCUT2D eigenvalue weighted by molar-refractivity contribution is 5.81. The standard InChI is InChI=1S/C21H24F3N3O2/c1-15-4-7-18(8-5-15)29-16(2)20(28)27-11-3-10-26(12-13-27)19-9-6-17(14-25-19)21(22,23)24/h4-9,14,16H,3,10-13H2,1-2H3. The first kappa shape index (κ1) is 21.0. The molecule has 1 saturated heterocycles. The van der Waals surface area contributed by atoms with Crippen LogP contribution in [0.4, 0.5) is 19.0 Å². The highest BCUT2D eigenvalue weighted by Crippen LogP contribution is 2.29. The predicted octanol–water partition coefficient (Wildman–Crippen LogP) is 3.92. The molecule has 0 radical (unpaired) electrons. The van der Waals surface area contributed by atoms with E-state index in [4.69, 9.17) is 4.74 Å². The van der Waals surface area contributed by atoms with E-state index in [2.05, 4.69) is 4.98 Å². The number of anilines is 1. The largest absolute Gasteiger partial charge is 0.481 e. The van der Waals surface area contributed by atoms with Crippen LogP contribution in [0.1, 0.15) is 24.5 Å². The van der Waals surface area contributed by atoms with Crippen LogP contribution in [0.2, 0.25) is 0 Å². The summed E-state index contributed by atoms with van der Waals surface area (Å²) in [5.41, 5.74) is 0.343. The second-order valence-corrected chi connectivity index (χ2v) is 7.14. The zero-order chi connectivity index (χ0) is 21.0. The zero-order valence-electron chi connectivity index (χ0n) is 16.4. The summed E-state index contributed by atoms with van der Waals surface area (Å²) in [5, 5.41) is 0. The number of hydrogen-bond donors (Lipinski definition) is 0. The number of hydrogen-bond acceptors (Lipinski definition) is 4. The van der Waals surface area contributed by atoms with Crippen molar-refractivity contribution in [1.82, 2.24) is 9.88 Å². The van der Waals surface area contributed by atoms with E-state index >= 15 is 0 Å². The highest BCUT2D eigenvalue weighted by Gasteiger charge is 2.31. The third-order valence-corrected chi connectivity index (χ3v) is 4.89. The highest BCUT2D eigenvalue weighted by atomic mass is 19.4. The third kappa shape index (κ3) is 5.40. The SMILES string of the molecule is Cc1ccc(OC(C)C(=O)N2CCCN(c3ccc(C(F)(F)F)cn3)CC2)cc1. The maximum Gasteiger partial charge on any atom is 0.417 e. The Balaban J connectivity index is 1.58. The fourth-order valence-electron chi connectivity index (χ4n) is 3.24. The molecule has 1 aromatic carbocycles. The number of benzene rings is 1. The van der Waals surface area contributed by atoms with Gasteiger partial charge in [0.25, 0.3) is 5.91 Å². The number of amides is 1. The van der Waals surface area contributed by atoms with Crippen molar-refractivity contribution >= 4 is 11.7 Å². The van der Waals surface area contributed by atoms with Gasteiger partial charge in [-0.25, -0.2) is 4.98 Å². The maximum absolute atomic E-state index is 12.8. The van der Waals surface area contributed by atoms with Gasteiger partial charge < -0.3 is 14.5 Å². The van der Waals surface area contributed by atoms with E-state index in [-0.39, 0.29) is 5.91 Å². The van der Waals surface area contributed by atoms with Gasteiger partial charge in [0.15, 0.2) is 6.10 Å². The molecule has 1 fully saturated rings. The van der Waals surface area contributed by atoms with Crippen molar-refractivity contribution in [2.45, 2.75) is 32.5 Å². The lowest BCUT2D eigenvalue weighted by Crippen LogP contribution is -2.42. The minimum absolute atomic E-state index is 0.104. The lowest BCUT2D eigenvalue weighted by molar-refractivity contribution is -0.138. The average molecular weight is 407 g/mol. The smallest absolute Gasteiger partial charge is 0.417 e.